The monoisotopic (exact) mass is 286 g/mol. The SMILES string of the molecule is O=C(NCCOC1CCCCC1)c1cc2ccccc2[nH]1. The first-order valence-corrected chi connectivity index (χ1v) is 7.80. The first-order valence-electron chi connectivity index (χ1n) is 7.80. The Morgan fingerprint density at radius 1 is 1.24 bits per heavy atom. The topological polar surface area (TPSA) is 54.1 Å². The van der Waals surface area contributed by atoms with Crippen molar-refractivity contribution in [2.24, 2.45) is 0 Å². The summed E-state index contributed by atoms with van der Waals surface area (Å²) in [6, 6.07) is 9.77. The van der Waals surface area contributed by atoms with Gasteiger partial charge < -0.3 is 15.0 Å². The summed E-state index contributed by atoms with van der Waals surface area (Å²) < 4.78 is 5.80. The van der Waals surface area contributed by atoms with Gasteiger partial charge in [0, 0.05) is 17.4 Å². The third kappa shape index (κ3) is 3.64. The number of carbonyl (C=O) groups excluding carboxylic acids is 1. The lowest BCUT2D eigenvalue weighted by atomic mass is 9.98. The predicted octanol–water partition coefficient (Wildman–Crippen LogP) is 3.25. The van der Waals surface area contributed by atoms with E-state index in [-0.39, 0.29) is 5.91 Å². The van der Waals surface area contributed by atoms with E-state index in [0.29, 0.717) is 24.9 Å². The molecule has 112 valence electrons. The number of aromatic amines is 1. The van der Waals surface area contributed by atoms with E-state index in [1.165, 1.54) is 19.3 Å². The fraction of sp³-hybridized carbons (Fsp3) is 0.471. The molecule has 0 saturated heterocycles. The molecule has 1 fully saturated rings. The number of rotatable bonds is 5. The highest BCUT2D eigenvalue weighted by Gasteiger charge is 2.13. The largest absolute Gasteiger partial charge is 0.376 e. The molecule has 0 radical (unpaired) electrons. The number of hydrogen-bond donors (Lipinski definition) is 2. The third-order valence-electron chi connectivity index (χ3n) is 4.07. The maximum absolute atomic E-state index is 12.1. The van der Waals surface area contributed by atoms with E-state index in [1.807, 2.05) is 30.3 Å². The minimum atomic E-state index is -0.0709. The maximum Gasteiger partial charge on any atom is 0.267 e. The second-order valence-corrected chi connectivity index (χ2v) is 5.66. The summed E-state index contributed by atoms with van der Waals surface area (Å²) in [6.45, 7) is 1.15. The number of benzene rings is 1. The van der Waals surface area contributed by atoms with Crippen LogP contribution < -0.4 is 5.32 Å². The maximum atomic E-state index is 12.1. The summed E-state index contributed by atoms with van der Waals surface area (Å²) in [4.78, 5) is 15.2. The molecular weight excluding hydrogens is 264 g/mol. The Morgan fingerprint density at radius 3 is 2.86 bits per heavy atom. The Hall–Kier alpha value is -1.81. The summed E-state index contributed by atoms with van der Waals surface area (Å²) in [7, 11) is 0. The predicted molar refractivity (Wildman–Crippen MR) is 83.5 cm³/mol. The lowest BCUT2D eigenvalue weighted by molar-refractivity contribution is 0.0299. The zero-order valence-electron chi connectivity index (χ0n) is 12.2. The Kier molecular flexibility index (Phi) is 4.55. The molecule has 4 heteroatoms. The Bertz CT molecular complexity index is 567. The van der Waals surface area contributed by atoms with Crippen molar-refractivity contribution in [3.63, 3.8) is 0 Å². The van der Waals surface area contributed by atoms with E-state index in [0.717, 1.165) is 23.7 Å². The molecule has 21 heavy (non-hydrogen) atoms. The molecule has 1 amide bonds. The van der Waals surface area contributed by atoms with Crippen molar-refractivity contribution in [1.82, 2.24) is 10.3 Å². The van der Waals surface area contributed by atoms with Crippen LogP contribution in [0.2, 0.25) is 0 Å². The molecule has 0 unspecified atom stereocenters. The first kappa shape index (κ1) is 14.1. The quantitative estimate of drug-likeness (QED) is 0.829. The molecule has 0 spiro atoms. The van der Waals surface area contributed by atoms with Gasteiger partial charge in [-0.3, -0.25) is 4.79 Å². The molecule has 1 aliphatic rings. The Morgan fingerprint density at radius 2 is 2.05 bits per heavy atom. The van der Waals surface area contributed by atoms with Crippen molar-refractivity contribution in [3.05, 3.63) is 36.0 Å². The van der Waals surface area contributed by atoms with Crippen LogP contribution in [0.15, 0.2) is 30.3 Å². The Balaban J connectivity index is 1.45. The molecule has 0 bridgehead atoms. The van der Waals surface area contributed by atoms with E-state index in [2.05, 4.69) is 10.3 Å². The smallest absolute Gasteiger partial charge is 0.267 e. The molecule has 3 rings (SSSR count). The van der Waals surface area contributed by atoms with Crippen LogP contribution in [0.4, 0.5) is 0 Å². The van der Waals surface area contributed by atoms with Crippen molar-refractivity contribution in [2.45, 2.75) is 38.2 Å². The number of para-hydroxylation sites is 1. The van der Waals surface area contributed by atoms with Gasteiger partial charge >= 0.3 is 0 Å². The number of hydrogen-bond acceptors (Lipinski definition) is 2. The van der Waals surface area contributed by atoms with Crippen LogP contribution in [0.3, 0.4) is 0 Å². The number of carbonyl (C=O) groups is 1. The molecule has 1 saturated carbocycles. The zero-order valence-corrected chi connectivity index (χ0v) is 12.2. The van der Waals surface area contributed by atoms with Crippen LogP contribution in [0.25, 0.3) is 10.9 Å². The van der Waals surface area contributed by atoms with E-state index >= 15 is 0 Å². The lowest BCUT2D eigenvalue weighted by Crippen LogP contribution is -2.29. The first-order chi connectivity index (χ1) is 10.3. The van der Waals surface area contributed by atoms with Gasteiger partial charge in [0.15, 0.2) is 0 Å². The van der Waals surface area contributed by atoms with E-state index in [1.54, 1.807) is 0 Å². The van der Waals surface area contributed by atoms with Gasteiger partial charge in [-0.25, -0.2) is 0 Å². The van der Waals surface area contributed by atoms with Gasteiger partial charge in [-0.1, -0.05) is 37.5 Å². The average Bonchev–Trinajstić information content (AvgIpc) is 2.96. The second-order valence-electron chi connectivity index (χ2n) is 5.66. The number of ether oxygens (including phenoxy) is 1. The van der Waals surface area contributed by atoms with Gasteiger partial charge in [0.05, 0.1) is 12.7 Å². The molecule has 0 atom stereocenters. The molecule has 1 aromatic heterocycles. The highest BCUT2D eigenvalue weighted by Crippen LogP contribution is 2.20. The third-order valence-corrected chi connectivity index (χ3v) is 4.07. The van der Waals surface area contributed by atoms with Crippen LogP contribution in [0.5, 0.6) is 0 Å². The van der Waals surface area contributed by atoms with E-state index in [4.69, 9.17) is 4.74 Å². The summed E-state index contributed by atoms with van der Waals surface area (Å²) in [5, 5.41) is 3.96. The normalized spacial score (nSPS) is 16.2. The van der Waals surface area contributed by atoms with Crippen LogP contribution in [-0.4, -0.2) is 30.1 Å². The van der Waals surface area contributed by atoms with Crippen LogP contribution in [0.1, 0.15) is 42.6 Å². The molecule has 1 aromatic carbocycles. The number of aromatic nitrogens is 1. The van der Waals surface area contributed by atoms with E-state index < -0.39 is 0 Å². The van der Waals surface area contributed by atoms with Crippen LogP contribution in [0, 0.1) is 0 Å². The van der Waals surface area contributed by atoms with Gasteiger partial charge in [0.25, 0.3) is 5.91 Å². The van der Waals surface area contributed by atoms with Crippen LogP contribution in [-0.2, 0) is 4.74 Å². The summed E-state index contributed by atoms with van der Waals surface area (Å²) in [6.07, 6.45) is 6.59. The van der Waals surface area contributed by atoms with E-state index in [9.17, 15) is 4.79 Å². The summed E-state index contributed by atoms with van der Waals surface area (Å²) >= 11 is 0. The van der Waals surface area contributed by atoms with Crippen LogP contribution >= 0.6 is 0 Å². The van der Waals surface area contributed by atoms with Crippen molar-refractivity contribution in [3.8, 4) is 0 Å². The minimum Gasteiger partial charge on any atom is -0.376 e. The molecule has 2 aromatic rings. The number of H-pyrrole nitrogens is 1. The lowest BCUT2D eigenvalue weighted by Gasteiger charge is -2.21. The zero-order chi connectivity index (χ0) is 14.5. The number of fused-ring (bicyclic) bond motifs is 1. The highest BCUT2D eigenvalue weighted by molar-refractivity contribution is 5.97. The molecule has 2 N–H and O–H groups in total. The van der Waals surface area contributed by atoms with Gasteiger partial charge in [-0.15, -0.1) is 0 Å². The Labute approximate surface area is 124 Å². The molecule has 1 aliphatic carbocycles. The van der Waals surface area contributed by atoms with Gasteiger partial charge in [0.2, 0.25) is 0 Å². The van der Waals surface area contributed by atoms with Crippen molar-refractivity contribution < 1.29 is 9.53 Å². The molecular formula is C17H22N2O2. The van der Waals surface area contributed by atoms with Gasteiger partial charge in [0.1, 0.15) is 5.69 Å². The average molecular weight is 286 g/mol. The highest BCUT2D eigenvalue weighted by atomic mass is 16.5. The molecule has 0 aliphatic heterocycles. The summed E-state index contributed by atoms with van der Waals surface area (Å²) in [5.74, 6) is -0.0709. The summed E-state index contributed by atoms with van der Waals surface area (Å²) in [5.41, 5.74) is 1.59. The molecule has 1 heterocycles. The van der Waals surface area contributed by atoms with Gasteiger partial charge in [-0.2, -0.15) is 0 Å². The van der Waals surface area contributed by atoms with Gasteiger partial charge in [-0.05, 0) is 25.0 Å². The standard InChI is InChI=1S/C17H22N2O2/c20-17(16-12-13-6-4-5-9-15(13)19-16)18-10-11-21-14-7-2-1-3-8-14/h4-6,9,12,14,19H,1-3,7-8,10-11H2,(H,18,20). The fourth-order valence-corrected chi connectivity index (χ4v) is 2.91. The number of nitrogens with one attached hydrogen (secondary N) is 2. The fourth-order valence-electron chi connectivity index (χ4n) is 2.91. The second kappa shape index (κ2) is 6.76. The van der Waals surface area contributed by atoms with Crippen molar-refractivity contribution in [2.75, 3.05) is 13.2 Å². The molecule has 4 nitrogen and oxygen atoms in total. The van der Waals surface area contributed by atoms with Crippen molar-refractivity contribution >= 4 is 16.8 Å². The minimum absolute atomic E-state index is 0.0709. The number of amides is 1. The van der Waals surface area contributed by atoms with Crippen molar-refractivity contribution in [1.29, 1.82) is 0 Å².